The molecule has 0 atom stereocenters. The standard InChI is InChI=1S/C16H21N3O2/c1-11-4-5-14(12(2)8-11)15-9-13(16(20)19-18-15)10-17-6-7-21-3/h4-5,8-9,17H,6-7,10H2,1-3H3,(H,19,20). The van der Waals surface area contributed by atoms with Gasteiger partial charge in [0.1, 0.15) is 0 Å². The van der Waals surface area contributed by atoms with Crippen molar-refractivity contribution >= 4 is 0 Å². The zero-order chi connectivity index (χ0) is 15.2. The summed E-state index contributed by atoms with van der Waals surface area (Å²) in [6, 6.07) is 8.04. The molecule has 1 aromatic carbocycles. The first-order valence-electron chi connectivity index (χ1n) is 6.97. The Morgan fingerprint density at radius 3 is 2.81 bits per heavy atom. The smallest absolute Gasteiger partial charge is 0.268 e. The molecule has 0 bridgehead atoms. The Balaban J connectivity index is 2.23. The molecule has 0 aliphatic rings. The van der Waals surface area contributed by atoms with E-state index in [1.165, 1.54) is 5.56 Å². The molecule has 0 radical (unpaired) electrons. The second-order valence-electron chi connectivity index (χ2n) is 5.10. The number of ether oxygens (including phenoxy) is 1. The van der Waals surface area contributed by atoms with Crippen molar-refractivity contribution in [1.29, 1.82) is 0 Å². The monoisotopic (exact) mass is 287 g/mol. The molecule has 0 unspecified atom stereocenters. The van der Waals surface area contributed by atoms with Gasteiger partial charge in [0.15, 0.2) is 0 Å². The minimum absolute atomic E-state index is 0.159. The lowest BCUT2D eigenvalue weighted by Crippen LogP contribution is -2.24. The first kappa shape index (κ1) is 15.4. The van der Waals surface area contributed by atoms with E-state index >= 15 is 0 Å². The van der Waals surface area contributed by atoms with Crippen molar-refractivity contribution in [3.05, 3.63) is 51.3 Å². The molecular weight excluding hydrogens is 266 g/mol. The maximum Gasteiger partial charge on any atom is 0.268 e. The number of benzene rings is 1. The molecular formula is C16H21N3O2. The molecule has 2 aromatic rings. The van der Waals surface area contributed by atoms with Crippen LogP contribution < -0.4 is 10.9 Å². The van der Waals surface area contributed by atoms with Crippen molar-refractivity contribution < 1.29 is 4.74 Å². The lowest BCUT2D eigenvalue weighted by Gasteiger charge is -2.08. The molecule has 0 aliphatic carbocycles. The molecule has 5 nitrogen and oxygen atoms in total. The van der Waals surface area contributed by atoms with Crippen molar-refractivity contribution in [2.24, 2.45) is 0 Å². The predicted octanol–water partition coefficient (Wildman–Crippen LogP) is 1.79. The van der Waals surface area contributed by atoms with Crippen LogP contribution in [0.5, 0.6) is 0 Å². The molecule has 0 fully saturated rings. The van der Waals surface area contributed by atoms with Gasteiger partial charge in [-0.3, -0.25) is 4.79 Å². The number of methoxy groups -OCH3 is 1. The van der Waals surface area contributed by atoms with Gasteiger partial charge < -0.3 is 10.1 Å². The van der Waals surface area contributed by atoms with E-state index in [9.17, 15) is 4.79 Å². The van der Waals surface area contributed by atoms with Gasteiger partial charge in [-0.2, -0.15) is 5.10 Å². The molecule has 2 N–H and O–H groups in total. The van der Waals surface area contributed by atoms with E-state index in [1.807, 2.05) is 25.1 Å². The van der Waals surface area contributed by atoms with Crippen LogP contribution in [0.3, 0.4) is 0 Å². The van der Waals surface area contributed by atoms with E-state index in [2.05, 4.69) is 28.5 Å². The van der Waals surface area contributed by atoms with Crippen LogP contribution in [0, 0.1) is 13.8 Å². The predicted molar refractivity (Wildman–Crippen MR) is 83.4 cm³/mol. The third-order valence-corrected chi connectivity index (χ3v) is 3.34. The number of aromatic nitrogens is 2. The number of aryl methyl sites for hydroxylation is 2. The summed E-state index contributed by atoms with van der Waals surface area (Å²) in [5, 5.41) is 9.90. The summed E-state index contributed by atoms with van der Waals surface area (Å²) in [6.07, 6.45) is 0. The quantitative estimate of drug-likeness (QED) is 0.795. The van der Waals surface area contributed by atoms with Gasteiger partial charge in [0, 0.05) is 31.3 Å². The average molecular weight is 287 g/mol. The third-order valence-electron chi connectivity index (χ3n) is 3.34. The molecule has 5 heteroatoms. The Kier molecular flexibility index (Phi) is 5.25. The summed E-state index contributed by atoms with van der Waals surface area (Å²) in [5.41, 5.74) is 4.70. The first-order chi connectivity index (χ1) is 10.1. The van der Waals surface area contributed by atoms with E-state index in [0.717, 1.165) is 16.8 Å². The molecule has 0 saturated heterocycles. The zero-order valence-corrected chi connectivity index (χ0v) is 12.7. The van der Waals surface area contributed by atoms with Crippen molar-refractivity contribution in [2.45, 2.75) is 20.4 Å². The summed E-state index contributed by atoms with van der Waals surface area (Å²) in [7, 11) is 1.65. The lowest BCUT2D eigenvalue weighted by molar-refractivity contribution is 0.199. The molecule has 0 saturated carbocycles. The summed E-state index contributed by atoms with van der Waals surface area (Å²) in [5.74, 6) is 0. The van der Waals surface area contributed by atoms with Gasteiger partial charge in [-0.05, 0) is 25.5 Å². The SMILES string of the molecule is COCCNCc1cc(-c2ccc(C)cc2C)n[nH]c1=O. The number of hydrogen-bond acceptors (Lipinski definition) is 4. The van der Waals surface area contributed by atoms with Gasteiger partial charge in [-0.1, -0.05) is 23.8 Å². The minimum Gasteiger partial charge on any atom is -0.383 e. The number of nitrogens with one attached hydrogen (secondary N) is 2. The number of rotatable bonds is 6. The largest absolute Gasteiger partial charge is 0.383 e. The Morgan fingerprint density at radius 2 is 2.10 bits per heavy atom. The number of H-pyrrole nitrogens is 1. The minimum atomic E-state index is -0.159. The molecule has 0 aliphatic heterocycles. The summed E-state index contributed by atoms with van der Waals surface area (Å²) in [4.78, 5) is 11.8. The van der Waals surface area contributed by atoms with Crippen LogP contribution in [0.2, 0.25) is 0 Å². The highest BCUT2D eigenvalue weighted by molar-refractivity contribution is 5.63. The Hall–Kier alpha value is -1.98. The van der Waals surface area contributed by atoms with Crippen LogP contribution in [0.4, 0.5) is 0 Å². The van der Waals surface area contributed by atoms with E-state index in [4.69, 9.17) is 4.74 Å². The van der Waals surface area contributed by atoms with Gasteiger partial charge in [0.05, 0.1) is 12.3 Å². The molecule has 1 heterocycles. The van der Waals surface area contributed by atoms with E-state index in [0.29, 0.717) is 25.3 Å². The fourth-order valence-corrected chi connectivity index (χ4v) is 2.21. The molecule has 21 heavy (non-hydrogen) atoms. The van der Waals surface area contributed by atoms with Crippen molar-refractivity contribution in [1.82, 2.24) is 15.5 Å². The van der Waals surface area contributed by atoms with Crippen molar-refractivity contribution in [2.75, 3.05) is 20.3 Å². The number of aromatic amines is 1. The highest BCUT2D eigenvalue weighted by Gasteiger charge is 2.07. The second-order valence-corrected chi connectivity index (χ2v) is 5.10. The highest BCUT2D eigenvalue weighted by Crippen LogP contribution is 2.21. The summed E-state index contributed by atoms with van der Waals surface area (Å²) in [6.45, 7) is 5.93. The second kappa shape index (κ2) is 7.15. The molecule has 0 spiro atoms. The van der Waals surface area contributed by atoms with Gasteiger partial charge in [-0.25, -0.2) is 5.10 Å². The maximum absolute atomic E-state index is 11.8. The lowest BCUT2D eigenvalue weighted by atomic mass is 10.0. The van der Waals surface area contributed by atoms with Gasteiger partial charge in [-0.15, -0.1) is 0 Å². The van der Waals surface area contributed by atoms with Crippen LogP contribution in [0.15, 0.2) is 29.1 Å². The number of nitrogens with zero attached hydrogens (tertiary/aromatic N) is 1. The van der Waals surface area contributed by atoms with Gasteiger partial charge in [0.25, 0.3) is 5.56 Å². The van der Waals surface area contributed by atoms with Crippen LogP contribution in [-0.4, -0.2) is 30.5 Å². The van der Waals surface area contributed by atoms with Crippen LogP contribution in [0.25, 0.3) is 11.3 Å². The fraction of sp³-hybridized carbons (Fsp3) is 0.375. The van der Waals surface area contributed by atoms with Crippen molar-refractivity contribution in [3.63, 3.8) is 0 Å². The van der Waals surface area contributed by atoms with E-state index in [1.54, 1.807) is 7.11 Å². The molecule has 0 amide bonds. The highest BCUT2D eigenvalue weighted by atomic mass is 16.5. The Bertz CT molecular complexity index is 665. The first-order valence-corrected chi connectivity index (χ1v) is 6.97. The molecule has 1 aromatic heterocycles. The van der Waals surface area contributed by atoms with Crippen molar-refractivity contribution in [3.8, 4) is 11.3 Å². The van der Waals surface area contributed by atoms with Crippen LogP contribution >= 0.6 is 0 Å². The van der Waals surface area contributed by atoms with E-state index < -0.39 is 0 Å². The van der Waals surface area contributed by atoms with Gasteiger partial charge >= 0.3 is 0 Å². The zero-order valence-electron chi connectivity index (χ0n) is 12.7. The molecule has 2 rings (SSSR count). The van der Waals surface area contributed by atoms with E-state index in [-0.39, 0.29) is 5.56 Å². The molecule has 112 valence electrons. The van der Waals surface area contributed by atoms with Gasteiger partial charge in [0.2, 0.25) is 0 Å². The Morgan fingerprint density at radius 1 is 1.29 bits per heavy atom. The number of hydrogen-bond donors (Lipinski definition) is 2. The summed E-state index contributed by atoms with van der Waals surface area (Å²) >= 11 is 0. The Labute approximate surface area is 124 Å². The fourth-order valence-electron chi connectivity index (χ4n) is 2.21. The summed E-state index contributed by atoms with van der Waals surface area (Å²) < 4.78 is 4.97. The van der Waals surface area contributed by atoms with Crippen LogP contribution in [0.1, 0.15) is 16.7 Å². The average Bonchev–Trinajstić information content (AvgIpc) is 2.46. The third kappa shape index (κ3) is 4.00. The maximum atomic E-state index is 11.8. The normalized spacial score (nSPS) is 10.8. The van der Waals surface area contributed by atoms with Crippen LogP contribution in [-0.2, 0) is 11.3 Å². The topological polar surface area (TPSA) is 67.0 Å².